The fraction of sp³-hybridized carbons (Fsp3) is 0.300. The molecular weight excluding hydrogens is 456 g/mol. The van der Waals surface area contributed by atoms with Gasteiger partial charge in [0, 0.05) is 4.47 Å². The fourth-order valence-corrected chi connectivity index (χ4v) is 5.28. The predicted octanol–water partition coefficient (Wildman–Crippen LogP) is 3.37. The van der Waals surface area contributed by atoms with Gasteiger partial charge >= 0.3 is 0 Å². The third-order valence-corrected chi connectivity index (χ3v) is 7.33. The number of sulfonamides is 1. The summed E-state index contributed by atoms with van der Waals surface area (Å²) in [5.41, 5.74) is 2.90. The topological polar surface area (TPSA) is 77.3 Å². The molecule has 0 N–H and O–H groups in total. The van der Waals surface area contributed by atoms with Gasteiger partial charge in [-0.1, -0.05) is 51.0 Å². The molecule has 1 atom stereocenters. The second-order valence-electron chi connectivity index (χ2n) is 7.19. The number of benzene rings is 2. The van der Waals surface area contributed by atoms with Gasteiger partial charge < -0.3 is 4.74 Å². The van der Waals surface area contributed by atoms with E-state index < -0.39 is 10.0 Å². The van der Waals surface area contributed by atoms with Gasteiger partial charge in [0.25, 0.3) is 0 Å². The molecule has 2 aromatic carbocycles. The van der Waals surface area contributed by atoms with Crippen molar-refractivity contribution >= 4 is 26.0 Å². The van der Waals surface area contributed by atoms with E-state index in [4.69, 9.17) is 4.74 Å². The largest absolute Gasteiger partial charge is 0.490 e. The van der Waals surface area contributed by atoms with Gasteiger partial charge in [-0.05, 0) is 37.6 Å². The minimum Gasteiger partial charge on any atom is -0.490 e. The molecule has 0 amide bonds. The van der Waals surface area contributed by atoms with Crippen molar-refractivity contribution in [3.8, 4) is 5.75 Å². The third kappa shape index (κ3) is 4.22. The highest BCUT2D eigenvalue weighted by Crippen LogP contribution is 2.34. The monoisotopic (exact) mass is 476 g/mol. The van der Waals surface area contributed by atoms with Crippen LogP contribution in [0.1, 0.15) is 23.7 Å². The minimum atomic E-state index is -3.73. The summed E-state index contributed by atoms with van der Waals surface area (Å²) >= 11 is 3.36. The first-order chi connectivity index (χ1) is 13.8. The number of nitrogens with zero attached hydrogens (tertiary/aromatic N) is 4. The lowest BCUT2D eigenvalue weighted by Crippen LogP contribution is -2.39. The zero-order valence-electron chi connectivity index (χ0n) is 16.1. The van der Waals surface area contributed by atoms with Crippen LogP contribution in [0.2, 0.25) is 0 Å². The van der Waals surface area contributed by atoms with Crippen LogP contribution in [-0.2, 0) is 23.1 Å². The molecule has 0 saturated carbocycles. The van der Waals surface area contributed by atoms with Crippen LogP contribution in [0.4, 0.5) is 0 Å². The van der Waals surface area contributed by atoms with Crippen LogP contribution in [0.15, 0.2) is 58.0 Å². The number of rotatable bonds is 4. The van der Waals surface area contributed by atoms with Crippen molar-refractivity contribution in [3.05, 3.63) is 70.0 Å². The number of hydrogen-bond acceptors (Lipinski definition) is 5. The van der Waals surface area contributed by atoms with E-state index in [0.717, 1.165) is 10.0 Å². The summed E-state index contributed by atoms with van der Waals surface area (Å²) in [6, 6.07) is 12.8. The van der Waals surface area contributed by atoms with E-state index in [1.807, 2.05) is 26.0 Å². The van der Waals surface area contributed by atoms with E-state index >= 15 is 0 Å². The Morgan fingerprint density at radius 3 is 2.69 bits per heavy atom. The molecule has 0 fully saturated rings. The van der Waals surface area contributed by atoms with Crippen molar-refractivity contribution in [1.82, 2.24) is 19.3 Å². The SMILES string of the molecule is Cc1ccc(Cn2cc(CN3[C@H](C)COc4cc(Br)ccc4S3(=O)=O)nn2)cc1. The molecule has 1 aliphatic heterocycles. The summed E-state index contributed by atoms with van der Waals surface area (Å²) in [5, 5.41) is 8.34. The zero-order valence-corrected chi connectivity index (χ0v) is 18.5. The van der Waals surface area contributed by atoms with Gasteiger partial charge in [0.15, 0.2) is 0 Å². The second-order valence-corrected chi connectivity index (χ2v) is 9.97. The summed E-state index contributed by atoms with van der Waals surface area (Å²) < 4.78 is 36.2. The molecule has 0 aliphatic carbocycles. The van der Waals surface area contributed by atoms with Gasteiger partial charge in [0.05, 0.1) is 31.0 Å². The molecule has 0 unspecified atom stereocenters. The first-order valence-electron chi connectivity index (χ1n) is 9.22. The molecule has 3 aromatic rings. The van der Waals surface area contributed by atoms with Crippen LogP contribution in [0, 0.1) is 6.92 Å². The number of halogens is 1. The summed E-state index contributed by atoms with van der Waals surface area (Å²) in [6.45, 7) is 4.85. The van der Waals surface area contributed by atoms with E-state index in [1.165, 1.54) is 9.87 Å². The van der Waals surface area contributed by atoms with E-state index in [-0.39, 0.29) is 24.1 Å². The summed E-state index contributed by atoms with van der Waals surface area (Å²) in [5.74, 6) is 0.358. The van der Waals surface area contributed by atoms with Crippen LogP contribution in [0.25, 0.3) is 0 Å². The summed E-state index contributed by atoms with van der Waals surface area (Å²) in [4.78, 5) is 0.164. The van der Waals surface area contributed by atoms with E-state index in [1.54, 1.807) is 29.1 Å². The first kappa shape index (κ1) is 20.1. The smallest absolute Gasteiger partial charge is 0.247 e. The highest BCUT2D eigenvalue weighted by molar-refractivity contribution is 9.10. The Morgan fingerprint density at radius 1 is 1.17 bits per heavy atom. The zero-order chi connectivity index (χ0) is 20.6. The van der Waals surface area contributed by atoms with Crippen molar-refractivity contribution < 1.29 is 13.2 Å². The van der Waals surface area contributed by atoms with Gasteiger partial charge in [-0.15, -0.1) is 5.10 Å². The Balaban J connectivity index is 1.57. The Hall–Kier alpha value is -2.23. The molecule has 4 rings (SSSR count). The highest BCUT2D eigenvalue weighted by Gasteiger charge is 2.35. The van der Waals surface area contributed by atoms with Crippen LogP contribution in [-0.4, -0.2) is 40.4 Å². The lowest BCUT2D eigenvalue weighted by Gasteiger charge is -2.24. The maximum absolute atomic E-state index is 13.3. The Bertz CT molecular complexity index is 1130. The highest BCUT2D eigenvalue weighted by atomic mass is 79.9. The van der Waals surface area contributed by atoms with Gasteiger partial charge in [-0.2, -0.15) is 4.31 Å². The summed E-state index contributed by atoms with van der Waals surface area (Å²) in [6.07, 6.45) is 1.79. The van der Waals surface area contributed by atoms with Crippen LogP contribution in [0.5, 0.6) is 5.75 Å². The van der Waals surface area contributed by atoms with E-state index in [9.17, 15) is 8.42 Å². The number of hydrogen-bond donors (Lipinski definition) is 0. The standard InChI is InChI=1S/C20H21BrN4O3S/c1-14-3-5-16(6-4-14)10-24-11-18(22-23-24)12-25-15(2)13-28-19-9-17(21)7-8-20(19)29(25,26)27/h3-9,11,15H,10,12-13H2,1-2H3/t15-/m1/s1. The quantitative estimate of drug-likeness (QED) is 0.576. The van der Waals surface area contributed by atoms with Crippen LogP contribution < -0.4 is 4.74 Å². The Morgan fingerprint density at radius 2 is 1.93 bits per heavy atom. The maximum atomic E-state index is 13.3. The molecule has 152 valence electrons. The molecule has 1 aliphatic rings. The molecule has 0 spiro atoms. The van der Waals surface area contributed by atoms with Gasteiger partial charge in [-0.25, -0.2) is 13.1 Å². The Kier molecular flexibility index (Phi) is 5.46. The lowest BCUT2D eigenvalue weighted by atomic mass is 10.1. The van der Waals surface area contributed by atoms with Crippen molar-refractivity contribution in [2.24, 2.45) is 0 Å². The molecule has 9 heteroatoms. The van der Waals surface area contributed by atoms with Gasteiger partial charge in [0.2, 0.25) is 10.0 Å². The normalized spacial score (nSPS) is 18.7. The van der Waals surface area contributed by atoms with E-state index in [0.29, 0.717) is 18.0 Å². The summed E-state index contributed by atoms with van der Waals surface area (Å²) in [7, 11) is -3.73. The Labute approximate surface area is 178 Å². The average molecular weight is 477 g/mol. The lowest BCUT2D eigenvalue weighted by molar-refractivity contribution is 0.219. The van der Waals surface area contributed by atoms with Crippen LogP contribution in [0.3, 0.4) is 0 Å². The molecule has 29 heavy (non-hydrogen) atoms. The molecular formula is C20H21BrN4O3S. The predicted molar refractivity (Wildman–Crippen MR) is 112 cm³/mol. The van der Waals surface area contributed by atoms with Gasteiger partial charge in [0.1, 0.15) is 17.3 Å². The van der Waals surface area contributed by atoms with Crippen molar-refractivity contribution in [1.29, 1.82) is 0 Å². The second kappa shape index (κ2) is 7.89. The van der Waals surface area contributed by atoms with Crippen molar-refractivity contribution in [2.75, 3.05) is 6.61 Å². The molecule has 0 bridgehead atoms. The van der Waals surface area contributed by atoms with Crippen molar-refractivity contribution in [2.45, 2.75) is 37.9 Å². The molecule has 2 heterocycles. The van der Waals surface area contributed by atoms with Crippen LogP contribution >= 0.6 is 15.9 Å². The minimum absolute atomic E-state index is 0.135. The number of aryl methyl sites for hydroxylation is 1. The first-order valence-corrected chi connectivity index (χ1v) is 11.4. The fourth-order valence-electron chi connectivity index (χ4n) is 3.23. The maximum Gasteiger partial charge on any atom is 0.247 e. The van der Waals surface area contributed by atoms with E-state index in [2.05, 4.69) is 38.4 Å². The molecule has 1 aromatic heterocycles. The van der Waals surface area contributed by atoms with Gasteiger partial charge in [-0.3, -0.25) is 0 Å². The third-order valence-electron chi connectivity index (χ3n) is 4.83. The molecule has 0 saturated heterocycles. The average Bonchev–Trinajstić information content (AvgIpc) is 3.09. The number of ether oxygens (including phenoxy) is 1. The number of aromatic nitrogens is 3. The number of fused-ring (bicyclic) bond motifs is 1. The van der Waals surface area contributed by atoms with Crippen molar-refractivity contribution in [3.63, 3.8) is 0 Å². The molecule has 7 nitrogen and oxygen atoms in total. The molecule has 0 radical (unpaired) electrons.